The van der Waals surface area contributed by atoms with Crippen LogP contribution in [0.5, 0.6) is 0 Å². The molecule has 0 aromatic heterocycles. The van der Waals surface area contributed by atoms with Gasteiger partial charge in [-0.15, -0.1) is 0 Å². The molecule has 1 saturated carbocycles. The van der Waals surface area contributed by atoms with Gasteiger partial charge in [-0.2, -0.15) is 0 Å². The van der Waals surface area contributed by atoms with Gasteiger partial charge >= 0.3 is 0 Å². The molecule has 3 nitrogen and oxygen atoms in total. The van der Waals surface area contributed by atoms with Crippen molar-refractivity contribution in [1.82, 2.24) is 5.32 Å². The summed E-state index contributed by atoms with van der Waals surface area (Å²) < 4.78 is 0.703. The van der Waals surface area contributed by atoms with Gasteiger partial charge in [0.05, 0.1) is 21.1 Å². The molecule has 0 spiro atoms. The highest BCUT2D eigenvalue weighted by atomic mass is 16.2. The quantitative estimate of drug-likeness (QED) is 0.726. The largest absolute Gasteiger partial charge is 0.351 e. The minimum Gasteiger partial charge on any atom is -0.351 e. The molecular weight excluding hydrogens is 224 g/mol. The summed E-state index contributed by atoms with van der Waals surface area (Å²) in [5, 5.41) is 3.10. The molecule has 0 radical (unpaired) electrons. The van der Waals surface area contributed by atoms with Gasteiger partial charge in [0, 0.05) is 6.54 Å². The van der Waals surface area contributed by atoms with Crippen LogP contribution in [-0.4, -0.2) is 44.6 Å². The van der Waals surface area contributed by atoms with Crippen molar-refractivity contribution in [3.05, 3.63) is 0 Å². The summed E-state index contributed by atoms with van der Waals surface area (Å²) in [5.41, 5.74) is 0. The Balaban J connectivity index is 2.16. The van der Waals surface area contributed by atoms with Crippen molar-refractivity contribution in [2.45, 2.75) is 45.4 Å². The molecule has 18 heavy (non-hydrogen) atoms. The van der Waals surface area contributed by atoms with Gasteiger partial charge in [-0.05, 0) is 24.7 Å². The van der Waals surface area contributed by atoms with E-state index in [1.54, 1.807) is 0 Å². The first-order valence-corrected chi connectivity index (χ1v) is 7.48. The number of nitrogens with zero attached hydrogens (tertiary/aromatic N) is 1. The number of hydrogen-bond donors (Lipinski definition) is 1. The van der Waals surface area contributed by atoms with E-state index in [0.29, 0.717) is 11.0 Å². The number of nitrogens with one attached hydrogen (secondary N) is 1. The maximum Gasteiger partial charge on any atom is 0.275 e. The highest BCUT2D eigenvalue weighted by molar-refractivity contribution is 5.77. The third-order valence-corrected chi connectivity index (χ3v) is 3.87. The first-order valence-electron chi connectivity index (χ1n) is 7.48. The van der Waals surface area contributed by atoms with Crippen molar-refractivity contribution in [2.24, 2.45) is 11.8 Å². The number of carbonyl (C=O) groups is 1. The molecule has 3 heteroatoms. The van der Waals surface area contributed by atoms with Gasteiger partial charge in [0.1, 0.15) is 0 Å². The Kier molecular flexibility index (Phi) is 6.13. The Labute approximate surface area is 113 Å². The van der Waals surface area contributed by atoms with E-state index in [9.17, 15) is 4.79 Å². The molecule has 0 aromatic rings. The lowest BCUT2D eigenvalue weighted by Gasteiger charge is -2.29. The lowest BCUT2D eigenvalue weighted by molar-refractivity contribution is -0.862. The van der Waals surface area contributed by atoms with Crippen LogP contribution in [-0.2, 0) is 4.79 Å². The van der Waals surface area contributed by atoms with Crippen LogP contribution in [0.25, 0.3) is 0 Å². The molecule has 1 aliphatic carbocycles. The molecule has 1 rings (SSSR count). The molecule has 1 fully saturated rings. The minimum atomic E-state index is 0.193. The summed E-state index contributed by atoms with van der Waals surface area (Å²) in [5.74, 6) is 1.86. The van der Waals surface area contributed by atoms with E-state index >= 15 is 0 Å². The predicted molar refractivity (Wildman–Crippen MR) is 76.3 cm³/mol. The summed E-state index contributed by atoms with van der Waals surface area (Å²) in [6.07, 6.45) is 8.04. The number of amides is 1. The van der Waals surface area contributed by atoms with Crippen molar-refractivity contribution >= 4 is 5.91 Å². The molecule has 0 bridgehead atoms. The summed E-state index contributed by atoms with van der Waals surface area (Å²) in [6, 6.07) is 0. The second kappa shape index (κ2) is 7.13. The Morgan fingerprint density at radius 3 is 2.17 bits per heavy atom. The monoisotopic (exact) mass is 255 g/mol. The molecule has 1 aliphatic rings. The summed E-state index contributed by atoms with van der Waals surface area (Å²) in [4.78, 5) is 11.7. The van der Waals surface area contributed by atoms with E-state index < -0.39 is 0 Å². The smallest absolute Gasteiger partial charge is 0.275 e. The molecule has 106 valence electrons. The molecule has 0 heterocycles. The molecule has 0 unspecified atom stereocenters. The van der Waals surface area contributed by atoms with E-state index in [2.05, 4.69) is 33.4 Å². The Hall–Kier alpha value is -0.570. The maximum atomic E-state index is 11.7. The first kappa shape index (κ1) is 15.5. The second-order valence-corrected chi connectivity index (χ2v) is 6.93. The number of carbonyl (C=O) groups excluding carboxylic acids is 1. The van der Waals surface area contributed by atoms with Gasteiger partial charge < -0.3 is 9.80 Å². The number of hydrogen-bond acceptors (Lipinski definition) is 1. The zero-order valence-corrected chi connectivity index (χ0v) is 12.7. The third-order valence-electron chi connectivity index (χ3n) is 3.87. The lowest BCUT2D eigenvalue weighted by Crippen LogP contribution is -2.45. The van der Waals surface area contributed by atoms with Crippen LogP contribution in [0.2, 0.25) is 0 Å². The average Bonchev–Trinajstić information content (AvgIpc) is 2.26. The SMILES string of the molecule is CCCC1CCC(CNC(=O)C[N+](C)(C)C)CC1. The zero-order chi connectivity index (χ0) is 13.6. The fraction of sp³-hybridized carbons (Fsp3) is 0.933. The van der Waals surface area contributed by atoms with E-state index in [4.69, 9.17) is 0 Å². The van der Waals surface area contributed by atoms with Crippen molar-refractivity contribution in [3.63, 3.8) is 0 Å². The fourth-order valence-corrected chi connectivity index (χ4v) is 2.88. The van der Waals surface area contributed by atoms with Crippen LogP contribution in [0.1, 0.15) is 45.4 Å². The number of likely N-dealkylation sites (N-methyl/N-ethyl adjacent to an activating group) is 1. The second-order valence-electron chi connectivity index (χ2n) is 6.93. The molecule has 0 atom stereocenters. The van der Waals surface area contributed by atoms with Crippen LogP contribution in [0.15, 0.2) is 0 Å². The van der Waals surface area contributed by atoms with E-state index in [-0.39, 0.29) is 5.91 Å². The van der Waals surface area contributed by atoms with Gasteiger partial charge in [0.2, 0.25) is 0 Å². The van der Waals surface area contributed by atoms with E-state index in [1.165, 1.54) is 38.5 Å². The normalized spacial score (nSPS) is 24.9. The van der Waals surface area contributed by atoms with E-state index in [0.717, 1.165) is 18.4 Å². The highest BCUT2D eigenvalue weighted by Gasteiger charge is 2.21. The van der Waals surface area contributed by atoms with E-state index in [1.807, 2.05) is 0 Å². The highest BCUT2D eigenvalue weighted by Crippen LogP contribution is 2.30. The average molecular weight is 255 g/mol. The molecule has 0 saturated heterocycles. The summed E-state index contributed by atoms with van der Waals surface area (Å²) in [7, 11) is 6.15. The summed E-state index contributed by atoms with van der Waals surface area (Å²) in [6.45, 7) is 3.74. The van der Waals surface area contributed by atoms with Gasteiger partial charge in [-0.1, -0.05) is 32.6 Å². The number of quaternary nitrogens is 1. The number of rotatable bonds is 6. The standard InChI is InChI=1S/C15H30N2O/c1-5-6-13-7-9-14(10-8-13)11-16-15(18)12-17(2,3)4/h13-14H,5-12H2,1-4H3/p+1. The van der Waals surface area contributed by atoms with Crippen molar-refractivity contribution in [3.8, 4) is 0 Å². The van der Waals surface area contributed by atoms with Crippen LogP contribution >= 0.6 is 0 Å². The van der Waals surface area contributed by atoms with Gasteiger partial charge in [0.15, 0.2) is 6.54 Å². The molecule has 0 aliphatic heterocycles. The van der Waals surface area contributed by atoms with Crippen molar-refractivity contribution in [1.29, 1.82) is 0 Å². The van der Waals surface area contributed by atoms with Crippen molar-refractivity contribution < 1.29 is 9.28 Å². The molecular formula is C15H31N2O+. The Morgan fingerprint density at radius 1 is 1.11 bits per heavy atom. The van der Waals surface area contributed by atoms with Crippen LogP contribution in [0.4, 0.5) is 0 Å². The zero-order valence-electron chi connectivity index (χ0n) is 12.7. The molecule has 0 aromatic carbocycles. The Morgan fingerprint density at radius 2 is 1.67 bits per heavy atom. The summed E-state index contributed by atoms with van der Waals surface area (Å²) >= 11 is 0. The molecule has 1 amide bonds. The minimum absolute atomic E-state index is 0.193. The maximum absolute atomic E-state index is 11.7. The topological polar surface area (TPSA) is 29.1 Å². The predicted octanol–water partition coefficient (Wildman–Crippen LogP) is 2.42. The van der Waals surface area contributed by atoms with Crippen LogP contribution in [0.3, 0.4) is 0 Å². The van der Waals surface area contributed by atoms with Gasteiger partial charge in [-0.25, -0.2) is 0 Å². The van der Waals surface area contributed by atoms with Crippen LogP contribution < -0.4 is 5.32 Å². The molecule has 1 N–H and O–H groups in total. The van der Waals surface area contributed by atoms with Gasteiger partial charge in [0.25, 0.3) is 5.91 Å². The lowest BCUT2D eigenvalue weighted by atomic mass is 9.80. The van der Waals surface area contributed by atoms with Crippen LogP contribution in [0, 0.1) is 11.8 Å². The first-order chi connectivity index (χ1) is 8.40. The fourth-order valence-electron chi connectivity index (χ4n) is 2.88. The van der Waals surface area contributed by atoms with Gasteiger partial charge in [-0.3, -0.25) is 4.79 Å². The third kappa shape index (κ3) is 6.39. The van der Waals surface area contributed by atoms with Crippen molar-refractivity contribution in [2.75, 3.05) is 34.2 Å². The Bertz CT molecular complexity index is 250.